The van der Waals surface area contributed by atoms with E-state index >= 15 is 0 Å². The van der Waals surface area contributed by atoms with Crippen LogP contribution in [0.25, 0.3) is 10.2 Å². The Labute approximate surface area is 107 Å². The fraction of sp³-hybridized carbons (Fsp3) is 0.273. The van der Waals surface area contributed by atoms with Gasteiger partial charge in [0.25, 0.3) is 0 Å². The highest BCUT2D eigenvalue weighted by Crippen LogP contribution is 2.29. The van der Waals surface area contributed by atoms with Crippen molar-refractivity contribution in [1.82, 2.24) is 4.98 Å². The summed E-state index contributed by atoms with van der Waals surface area (Å²) in [6.07, 6.45) is 0. The van der Waals surface area contributed by atoms with E-state index < -0.39 is 12.0 Å². The van der Waals surface area contributed by atoms with Gasteiger partial charge in [0.05, 0.1) is 17.3 Å². The average molecular weight is 268 g/mol. The summed E-state index contributed by atoms with van der Waals surface area (Å²) in [5, 5.41) is 0. The van der Waals surface area contributed by atoms with Gasteiger partial charge >= 0.3 is 5.97 Å². The Kier molecular flexibility index (Phi) is 3.98. The molecule has 2 rings (SSSR count). The van der Waals surface area contributed by atoms with Crippen LogP contribution in [0.15, 0.2) is 28.6 Å². The molecule has 0 fully saturated rings. The number of thiazole rings is 1. The zero-order chi connectivity index (χ0) is 12.3. The SMILES string of the molecule is COC(=O)C(N)CSc1nc2ccccc2s1. The van der Waals surface area contributed by atoms with Crippen molar-refractivity contribution in [1.29, 1.82) is 0 Å². The third-order valence-corrected chi connectivity index (χ3v) is 4.46. The van der Waals surface area contributed by atoms with Gasteiger partial charge in [-0.15, -0.1) is 11.3 Å². The molecule has 1 aromatic heterocycles. The minimum atomic E-state index is -0.600. The van der Waals surface area contributed by atoms with Gasteiger partial charge in [-0.3, -0.25) is 4.79 Å². The molecule has 0 saturated carbocycles. The Bertz CT molecular complexity index is 494. The summed E-state index contributed by atoms with van der Waals surface area (Å²) in [6.45, 7) is 0. The zero-order valence-electron chi connectivity index (χ0n) is 9.25. The number of nitrogens with zero attached hydrogens (tertiary/aromatic N) is 1. The summed E-state index contributed by atoms with van der Waals surface area (Å²) >= 11 is 3.08. The van der Waals surface area contributed by atoms with Crippen LogP contribution in [0.3, 0.4) is 0 Å². The van der Waals surface area contributed by atoms with Gasteiger partial charge in [-0.05, 0) is 12.1 Å². The molecule has 17 heavy (non-hydrogen) atoms. The van der Waals surface area contributed by atoms with E-state index in [-0.39, 0.29) is 0 Å². The lowest BCUT2D eigenvalue weighted by atomic mass is 10.3. The highest BCUT2D eigenvalue weighted by Gasteiger charge is 2.15. The standard InChI is InChI=1S/C11H12N2O2S2/c1-15-10(14)7(12)6-16-11-13-8-4-2-3-5-9(8)17-11/h2-5,7H,6,12H2,1H3. The van der Waals surface area contributed by atoms with Crippen LogP contribution in [0.5, 0.6) is 0 Å². The van der Waals surface area contributed by atoms with Gasteiger partial charge in [-0.1, -0.05) is 23.9 Å². The maximum absolute atomic E-state index is 11.1. The number of rotatable bonds is 4. The number of esters is 1. The molecule has 0 radical (unpaired) electrons. The number of nitrogens with two attached hydrogens (primary N) is 1. The lowest BCUT2D eigenvalue weighted by Gasteiger charge is -2.06. The molecule has 1 atom stereocenters. The third-order valence-electron chi connectivity index (χ3n) is 2.16. The highest BCUT2D eigenvalue weighted by molar-refractivity contribution is 8.01. The molecule has 0 aliphatic heterocycles. The summed E-state index contributed by atoms with van der Waals surface area (Å²) in [5.74, 6) is 0.0885. The number of thioether (sulfide) groups is 1. The molecule has 0 saturated heterocycles. The highest BCUT2D eigenvalue weighted by atomic mass is 32.2. The Morgan fingerprint density at radius 3 is 3.06 bits per heavy atom. The predicted molar refractivity (Wildman–Crippen MR) is 70.3 cm³/mol. The van der Waals surface area contributed by atoms with Crippen molar-refractivity contribution in [3.8, 4) is 0 Å². The maximum atomic E-state index is 11.1. The van der Waals surface area contributed by atoms with E-state index in [2.05, 4.69) is 9.72 Å². The average Bonchev–Trinajstić information content (AvgIpc) is 2.77. The fourth-order valence-corrected chi connectivity index (χ4v) is 3.32. The van der Waals surface area contributed by atoms with Crippen LogP contribution in [-0.2, 0) is 9.53 Å². The minimum Gasteiger partial charge on any atom is -0.468 e. The molecule has 0 amide bonds. The molecule has 1 unspecified atom stereocenters. The Morgan fingerprint density at radius 1 is 1.59 bits per heavy atom. The third kappa shape index (κ3) is 2.96. The minimum absolute atomic E-state index is 0.390. The molecule has 0 bridgehead atoms. The van der Waals surface area contributed by atoms with Gasteiger partial charge in [-0.25, -0.2) is 4.98 Å². The second-order valence-corrected chi connectivity index (χ2v) is 5.69. The summed E-state index contributed by atoms with van der Waals surface area (Å²) in [5.41, 5.74) is 6.63. The van der Waals surface area contributed by atoms with Crippen LogP contribution < -0.4 is 5.73 Å². The summed E-state index contributed by atoms with van der Waals surface area (Å²) < 4.78 is 6.63. The summed E-state index contributed by atoms with van der Waals surface area (Å²) in [7, 11) is 1.34. The van der Waals surface area contributed by atoms with Crippen LogP contribution >= 0.6 is 23.1 Å². The van der Waals surface area contributed by atoms with E-state index in [1.165, 1.54) is 18.9 Å². The number of carbonyl (C=O) groups is 1. The van der Waals surface area contributed by atoms with E-state index in [0.717, 1.165) is 14.6 Å². The van der Waals surface area contributed by atoms with Crippen LogP contribution in [0.1, 0.15) is 0 Å². The predicted octanol–water partition coefficient (Wildman–Crippen LogP) is 1.89. The first-order valence-corrected chi connectivity index (χ1v) is 6.82. The molecular formula is C11H12N2O2S2. The Morgan fingerprint density at radius 2 is 2.35 bits per heavy atom. The van der Waals surface area contributed by atoms with Crippen molar-refractivity contribution in [2.75, 3.05) is 12.9 Å². The van der Waals surface area contributed by atoms with E-state index in [1.807, 2.05) is 24.3 Å². The molecule has 0 spiro atoms. The number of ether oxygens (including phenoxy) is 1. The van der Waals surface area contributed by atoms with Crippen LogP contribution in [-0.4, -0.2) is 29.9 Å². The zero-order valence-corrected chi connectivity index (χ0v) is 10.9. The smallest absolute Gasteiger partial charge is 0.323 e. The summed E-state index contributed by atoms with van der Waals surface area (Å²) in [6, 6.07) is 7.33. The second-order valence-electron chi connectivity index (χ2n) is 3.39. The van der Waals surface area contributed by atoms with Crippen LogP contribution in [0.2, 0.25) is 0 Å². The first kappa shape index (κ1) is 12.3. The molecule has 2 N–H and O–H groups in total. The lowest BCUT2D eigenvalue weighted by molar-refractivity contribution is -0.141. The number of para-hydroxylation sites is 1. The number of fused-ring (bicyclic) bond motifs is 1. The van der Waals surface area contributed by atoms with E-state index in [4.69, 9.17) is 5.73 Å². The van der Waals surface area contributed by atoms with Gasteiger partial charge in [0.1, 0.15) is 6.04 Å². The molecule has 1 heterocycles. The van der Waals surface area contributed by atoms with Gasteiger partial charge in [-0.2, -0.15) is 0 Å². The monoisotopic (exact) mass is 268 g/mol. The van der Waals surface area contributed by atoms with E-state index in [9.17, 15) is 4.79 Å². The maximum Gasteiger partial charge on any atom is 0.323 e. The lowest BCUT2D eigenvalue weighted by Crippen LogP contribution is -2.33. The van der Waals surface area contributed by atoms with E-state index in [1.54, 1.807) is 11.3 Å². The first-order valence-electron chi connectivity index (χ1n) is 5.02. The van der Waals surface area contributed by atoms with Gasteiger partial charge in [0.15, 0.2) is 4.34 Å². The van der Waals surface area contributed by atoms with Crippen LogP contribution in [0.4, 0.5) is 0 Å². The van der Waals surface area contributed by atoms with E-state index in [0.29, 0.717) is 5.75 Å². The molecule has 90 valence electrons. The van der Waals surface area contributed by atoms with Gasteiger partial charge in [0.2, 0.25) is 0 Å². The molecule has 6 heteroatoms. The van der Waals surface area contributed by atoms with Crippen LogP contribution in [0, 0.1) is 0 Å². The summed E-state index contributed by atoms with van der Waals surface area (Å²) in [4.78, 5) is 15.6. The normalized spacial score (nSPS) is 12.6. The number of benzene rings is 1. The second kappa shape index (κ2) is 5.48. The molecule has 0 aliphatic rings. The fourth-order valence-electron chi connectivity index (χ4n) is 1.29. The Balaban J connectivity index is 2.01. The van der Waals surface area contributed by atoms with Crippen molar-refractivity contribution in [3.63, 3.8) is 0 Å². The largest absolute Gasteiger partial charge is 0.468 e. The topological polar surface area (TPSA) is 65.2 Å². The van der Waals surface area contributed by atoms with Crippen molar-refractivity contribution in [2.24, 2.45) is 5.73 Å². The molecule has 4 nitrogen and oxygen atoms in total. The molecule has 0 aliphatic carbocycles. The number of hydrogen-bond donors (Lipinski definition) is 1. The van der Waals surface area contributed by atoms with Crippen molar-refractivity contribution in [3.05, 3.63) is 24.3 Å². The quantitative estimate of drug-likeness (QED) is 0.677. The van der Waals surface area contributed by atoms with Crippen molar-refractivity contribution in [2.45, 2.75) is 10.4 Å². The first-order chi connectivity index (χ1) is 8.20. The van der Waals surface area contributed by atoms with Crippen molar-refractivity contribution >= 4 is 39.3 Å². The number of hydrogen-bond acceptors (Lipinski definition) is 6. The van der Waals surface area contributed by atoms with Gasteiger partial charge < -0.3 is 10.5 Å². The van der Waals surface area contributed by atoms with Gasteiger partial charge in [0, 0.05) is 5.75 Å². The number of methoxy groups -OCH3 is 1. The number of carbonyl (C=O) groups excluding carboxylic acids is 1. The number of aromatic nitrogens is 1. The molecular weight excluding hydrogens is 256 g/mol. The molecule has 2 aromatic rings. The molecule has 1 aromatic carbocycles. The van der Waals surface area contributed by atoms with Crippen molar-refractivity contribution < 1.29 is 9.53 Å². The Hall–Kier alpha value is -1.11.